The van der Waals surface area contributed by atoms with E-state index < -0.39 is 0 Å². The number of ketones is 1. The Kier molecular flexibility index (Phi) is 5.67. The maximum absolute atomic E-state index is 13.1. The highest BCUT2D eigenvalue weighted by Crippen LogP contribution is 2.22. The molecule has 2 aliphatic rings. The van der Waals surface area contributed by atoms with Crippen molar-refractivity contribution in [2.24, 2.45) is 0 Å². The third kappa shape index (κ3) is 4.20. The number of hydrogen-bond acceptors (Lipinski definition) is 4. The van der Waals surface area contributed by atoms with E-state index in [1.807, 2.05) is 36.1 Å². The Balaban J connectivity index is 1.33. The van der Waals surface area contributed by atoms with E-state index in [1.54, 1.807) is 6.92 Å². The first-order valence-electron chi connectivity index (χ1n) is 10.5. The molecule has 0 N–H and O–H groups in total. The molecule has 1 amide bonds. The molecule has 0 bridgehead atoms. The van der Waals surface area contributed by atoms with Crippen molar-refractivity contribution in [1.82, 2.24) is 9.80 Å². The molecular weight excluding hydrogens is 362 g/mol. The van der Waals surface area contributed by atoms with Crippen LogP contribution in [0.4, 0.5) is 5.69 Å². The van der Waals surface area contributed by atoms with Crippen molar-refractivity contribution < 1.29 is 9.59 Å². The van der Waals surface area contributed by atoms with Crippen LogP contribution in [-0.2, 0) is 17.8 Å². The molecule has 2 heterocycles. The topological polar surface area (TPSA) is 43.9 Å². The average Bonchev–Trinajstić information content (AvgIpc) is 2.78. The summed E-state index contributed by atoms with van der Waals surface area (Å²) in [5.74, 6) is 0.327. The van der Waals surface area contributed by atoms with Crippen LogP contribution in [0, 0.1) is 0 Å². The van der Waals surface area contributed by atoms with Crippen LogP contribution in [0.5, 0.6) is 0 Å². The molecular formula is C24H29N3O2. The lowest BCUT2D eigenvalue weighted by Gasteiger charge is -2.40. The molecule has 4 rings (SSSR count). The Labute approximate surface area is 172 Å². The molecule has 2 aromatic rings. The number of carbonyl (C=O) groups is 2. The van der Waals surface area contributed by atoms with Gasteiger partial charge in [0.05, 0.1) is 6.04 Å². The molecule has 5 nitrogen and oxygen atoms in total. The molecule has 0 aromatic heterocycles. The lowest BCUT2D eigenvalue weighted by molar-refractivity contribution is -0.137. The van der Waals surface area contributed by atoms with Crippen LogP contribution in [0.15, 0.2) is 48.5 Å². The van der Waals surface area contributed by atoms with Gasteiger partial charge in [0, 0.05) is 50.5 Å². The molecule has 1 fully saturated rings. The summed E-state index contributed by atoms with van der Waals surface area (Å²) < 4.78 is 0. The third-order valence-electron chi connectivity index (χ3n) is 6.30. The van der Waals surface area contributed by atoms with E-state index in [1.165, 1.54) is 11.1 Å². The zero-order valence-corrected chi connectivity index (χ0v) is 17.3. The number of anilines is 1. The second kappa shape index (κ2) is 8.37. The summed E-state index contributed by atoms with van der Waals surface area (Å²) in [5.41, 5.74) is 4.53. The van der Waals surface area contributed by atoms with E-state index in [4.69, 9.17) is 0 Å². The predicted octanol–water partition coefficient (Wildman–Crippen LogP) is 2.98. The molecule has 0 saturated carbocycles. The second-order valence-electron chi connectivity index (χ2n) is 8.08. The van der Waals surface area contributed by atoms with Gasteiger partial charge in [-0.1, -0.05) is 24.3 Å². The highest BCUT2D eigenvalue weighted by molar-refractivity contribution is 5.94. The Bertz CT molecular complexity index is 885. The number of carbonyl (C=O) groups excluding carboxylic acids is 2. The summed E-state index contributed by atoms with van der Waals surface area (Å²) in [4.78, 5) is 31.2. The smallest absolute Gasteiger partial charge is 0.239 e. The molecule has 152 valence electrons. The van der Waals surface area contributed by atoms with Gasteiger partial charge in [0.25, 0.3) is 0 Å². The quantitative estimate of drug-likeness (QED) is 0.752. The number of rotatable bonds is 4. The number of piperazine rings is 1. The van der Waals surface area contributed by atoms with E-state index >= 15 is 0 Å². The standard InChI is InChI=1S/C24H29N3O2/c1-18(24(29)27-12-11-21-5-3-4-6-22(21)17-27)25-13-15-26(16-14-25)23-9-7-20(8-10-23)19(2)28/h3-10,18H,11-17H2,1-2H3/t18-/m0/s1. The Hall–Kier alpha value is -2.66. The minimum Gasteiger partial charge on any atom is -0.369 e. The molecule has 2 aliphatic heterocycles. The fourth-order valence-electron chi connectivity index (χ4n) is 4.38. The number of benzene rings is 2. The zero-order chi connectivity index (χ0) is 20.4. The Morgan fingerprint density at radius 1 is 0.862 bits per heavy atom. The minimum atomic E-state index is -0.0949. The predicted molar refractivity (Wildman–Crippen MR) is 115 cm³/mol. The maximum atomic E-state index is 13.1. The van der Waals surface area contributed by atoms with Crippen molar-refractivity contribution >= 4 is 17.4 Å². The van der Waals surface area contributed by atoms with E-state index in [0.717, 1.165) is 56.9 Å². The first-order valence-corrected chi connectivity index (χ1v) is 10.5. The Morgan fingerprint density at radius 3 is 2.17 bits per heavy atom. The highest BCUT2D eigenvalue weighted by atomic mass is 16.2. The van der Waals surface area contributed by atoms with Crippen LogP contribution < -0.4 is 4.90 Å². The zero-order valence-electron chi connectivity index (χ0n) is 17.3. The van der Waals surface area contributed by atoms with Crippen molar-refractivity contribution in [2.75, 3.05) is 37.6 Å². The van der Waals surface area contributed by atoms with Crippen LogP contribution in [0.1, 0.15) is 35.3 Å². The number of amides is 1. The summed E-state index contributed by atoms with van der Waals surface area (Å²) in [5, 5.41) is 0. The normalized spacial score (nSPS) is 18.3. The van der Waals surface area contributed by atoms with Gasteiger partial charge in [0.2, 0.25) is 5.91 Å². The van der Waals surface area contributed by atoms with Crippen LogP contribution in [0.3, 0.4) is 0 Å². The molecule has 0 aliphatic carbocycles. The summed E-state index contributed by atoms with van der Waals surface area (Å²) in [6, 6.07) is 16.2. The highest BCUT2D eigenvalue weighted by Gasteiger charge is 2.30. The monoisotopic (exact) mass is 391 g/mol. The second-order valence-corrected chi connectivity index (χ2v) is 8.08. The lowest BCUT2D eigenvalue weighted by Crippen LogP contribution is -2.55. The Morgan fingerprint density at radius 2 is 1.52 bits per heavy atom. The largest absolute Gasteiger partial charge is 0.369 e. The van der Waals surface area contributed by atoms with E-state index in [-0.39, 0.29) is 17.7 Å². The first-order chi connectivity index (χ1) is 14.0. The number of fused-ring (bicyclic) bond motifs is 1. The first kappa shape index (κ1) is 19.6. The van der Waals surface area contributed by atoms with Gasteiger partial charge in [-0.15, -0.1) is 0 Å². The fourth-order valence-corrected chi connectivity index (χ4v) is 4.38. The van der Waals surface area contributed by atoms with Gasteiger partial charge in [-0.2, -0.15) is 0 Å². The van der Waals surface area contributed by atoms with Crippen molar-refractivity contribution in [3.8, 4) is 0 Å². The molecule has 0 unspecified atom stereocenters. The van der Waals surface area contributed by atoms with E-state index in [0.29, 0.717) is 0 Å². The van der Waals surface area contributed by atoms with Crippen molar-refractivity contribution in [2.45, 2.75) is 32.9 Å². The maximum Gasteiger partial charge on any atom is 0.239 e. The van der Waals surface area contributed by atoms with Gasteiger partial charge in [-0.3, -0.25) is 14.5 Å². The molecule has 0 spiro atoms. The summed E-state index contributed by atoms with van der Waals surface area (Å²) in [7, 11) is 0. The third-order valence-corrected chi connectivity index (χ3v) is 6.30. The summed E-state index contributed by atoms with van der Waals surface area (Å²) in [6.07, 6.45) is 0.943. The molecule has 1 saturated heterocycles. The van der Waals surface area contributed by atoms with Crippen molar-refractivity contribution in [1.29, 1.82) is 0 Å². The molecule has 2 aromatic carbocycles. The molecule has 29 heavy (non-hydrogen) atoms. The lowest BCUT2D eigenvalue weighted by atomic mass is 9.99. The van der Waals surface area contributed by atoms with Gasteiger partial charge in [-0.25, -0.2) is 0 Å². The van der Waals surface area contributed by atoms with Gasteiger partial charge in [0.15, 0.2) is 5.78 Å². The van der Waals surface area contributed by atoms with Gasteiger partial charge < -0.3 is 9.80 Å². The molecule has 5 heteroatoms. The minimum absolute atomic E-state index is 0.0917. The fraction of sp³-hybridized carbons (Fsp3) is 0.417. The van der Waals surface area contributed by atoms with Gasteiger partial charge in [-0.05, 0) is 55.7 Å². The SMILES string of the molecule is CC(=O)c1ccc(N2CCN([C@@H](C)C(=O)N3CCc4ccccc4C3)CC2)cc1. The van der Waals surface area contributed by atoms with Crippen LogP contribution in [0.25, 0.3) is 0 Å². The summed E-state index contributed by atoms with van der Waals surface area (Å²) in [6.45, 7) is 8.68. The average molecular weight is 392 g/mol. The van der Waals surface area contributed by atoms with Crippen LogP contribution >= 0.6 is 0 Å². The van der Waals surface area contributed by atoms with Gasteiger partial charge >= 0.3 is 0 Å². The summed E-state index contributed by atoms with van der Waals surface area (Å²) >= 11 is 0. The number of nitrogens with zero attached hydrogens (tertiary/aromatic N) is 3. The molecule has 1 atom stereocenters. The van der Waals surface area contributed by atoms with Crippen molar-refractivity contribution in [3.05, 3.63) is 65.2 Å². The van der Waals surface area contributed by atoms with Crippen molar-refractivity contribution in [3.63, 3.8) is 0 Å². The van der Waals surface area contributed by atoms with E-state index in [2.05, 4.69) is 34.1 Å². The van der Waals surface area contributed by atoms with Crippen LogP contribution in [0.2, 0.25) is 0 Å². The van der Waals surface area contributed by atoms with Crippen LogP contribution in [-0.4, -0.2) is 60.3 Å². The van der Waals surface area contributed by atoms with Gasteiger partial charge in [0.1, 0.15) is 0 Å². The van der Waals surface area contributed by atoms with E-state index in [9.17, 15) is 9.59 Å². The molecule has 0 radical (unpaired) electrons. The number of Topliss-reactive ketones (excluding diaryl/α,β-unsaturated/α-hetero) is 1. The number of hydrogen-bond donors (Lipinski definition) is 0.